The molecule has 76 valence electrons. The van der Waals surface area contributed by atoms with Crippen molar-refractivity contribution < 1.29 is 5.11 Å². The number of hydrogen-bond donors (Lipinski definition) is 1. The lowest BCUT2D eigenvalue weighted by Crippen LogP contribution is -1.99. The van der Waals surface area contributed by atoms with E-state index in [-0.39, 0.29) is 6.10 Å². The van der Waals surface area contributed by atoms with Crippen molar-refractivity contribution in [2.24, 2.45) is 0 Å². The highest BCUT2D eigenvalue weighted by atomic mass is 33.1. The molecule has 1 aliphatic heterocycles. The number of unbranched alkanes of at least 4 members (excludes halogenated alkanes) is 2. The van der Waals surface area contributed by atoms with Crippen molar-refractivity contribution in [3.8, 4) is 0 Å². The summed E-state index contributed by atoms with van der Waals surface area (Å²) in [6.07, 6.45) is 8.18. The van der Waals surface area contributed by atoms with E-state index in [4.69, 9.17) is 5.11 Å². The second-order valence-electron chi connectivity index (χ2n) is 3.55. The van der Waals surface area contributed by atoms with Crippen LogP contribution in [0, 0.1) is 0 Å². The van der Waals surface area contributed by atoms with E-state index in [1.165, 1.54) is 25.7 Å². The average molecular weight is 218 g/mol. The van der Waals surface area contributed by atoms with E-state index < -0.39 is 0 Å². The number of aliphatic hydroxyl groups is 1. The zero-order chi connectivity index (χ0) is 9.52. The first-order valence-corrected chi connectivity index (χ1v) is 7.23. The van der Waals surface area contributed by atoms with E-state index in [0.717, 1.165) is 11.7 Å². The fourth-order valence-electron chi connectivity index (χ4n) is 1.36. The van der Waals surface area contributed by atoms with Crippen LogP contribution in [0.15, 0.2) is 11.5 Å². The minimum Gasteiger partial charge on any atom is -0.393 e. The molecule has 1 nitrogen and oxygen atoms in total. The first-order chi connectivity index (χ1) is 6.29. The molecule has 1 N–H and O–H groups in total. The van der Waals surface area contributed by atoms with E-state index in [0.29, 0.717) is 0 Å². The number of aliphatic hydroxyl groups excluding tert-OH is 1. The van der Waals surface area contributed by atoms with Crippen molar-refractivity contribution in [3.05, 3.63) is 11.5 Å². The minimum absolute atomic E-state index is 0.115. The molecule has 0 radical (unpaired) electrons. The lowest BCUT2D eigenvalue weighted by atomic mass is 10.1. The SMILES string of the molecule is CC(O)CCCCCC1C=CSS1. The lowest BCUT2D eigenvalue weighted by Gasteiger charge is -2.06. The van der Waals surface area contributed by atoms with Gasteiger partial charge in [0.2, 0.25) is 0 Å². The van der Waals surface area contributed by atoms with Crippen LogP contribution >= 0.6 is 21.6 Å². The largest absolute Gasteiger partial charge is 0.393 e. The molecule has 0 saturated carbocycles. The maximum absolute atomic E-state index is 9.04. The minimum atomic E-state index is -0.115. The van der Waals surface area contributed by atoms with Gasteiger partial charge in [-0.2, -0.15) is 0 Å². The zero-order valence-corrected chi connectivity index (χ0v) is 9.74. The summed E-state index contributed by atoms with van der Waals surface area (Å²) in [7, 11) is 3.81. The van der Waals surface area contributed by atoms with Crippen LogP contribution in [-0.2, 0) is 0 Å². The Labute approximate surface area is 88.8 Å². The first kappa shape index (κ1) is 11.5. The molecule has 1 aliphatic rings. The summed E-state index contributed by atoms with van der Waals surface area (Å²) in [5.74, 6) is 0. The second-order valence-corrected chi connectivity index (χ2v) is 5.96. The highest BCUT2D eigenvalue weighted by Gasteiger charge is 2.09. The Morgan fingerprint density at radius 1 is 1.38 bits per heavy atom. The van der Waals surface area contributed by atoms with Crippen LogP contribution in [0.4, 0.5) is 0 Å². The van der Waals surface area contributed by atoms with Crippen molar-refractivity contribution >= 4 is 21.6 Å². The van der Waals surface area contributed by atoms with Crippen molar-refractivity contribution in [2.45, 2.75) is 50.4 Å². The van der Waals surface area contributed by atoms with E-state index in [2.05, 4.69) is 11.5 Å². The second kappa shape index (κ2) is 6.80. The van der Waals surface area contributed by atoms with Crippen LogP contribution < -0.4 is 0 Å². The van der Waals surface area contributed by atoms with Crippen molar-refractivity contribution in [2.75, 3.05) is 0 Å². The van der Waals surface area contributed by atoms with Crippen molar-refractivity contribution in [3.63, 3.8) is 0 Å². The molecule has 1 heterocycles. The van der Waals surface area contributed by atoms with Gasteiger partial charge in [-0.3, -0.25) is 0 Å². The molecule has 0 aromatic heterocycles. The topological polar surface area (TPSA) is 20.2 Å². The molecule has 0 fully saturated rings. The summed E-state index contributed by atoms with van der Waals surface area (Å²) in [6, 6.07) is 0. The van der Waals surface area contributed by atoms with Crippen LogP contribution in [-0.4, -0.2) is 16.5 Å². The molecule has 0 aromatic rings. The smallest absolute Gasteiger partial charge is 0.0512 e. The molecule has 1 rings (SSSR count). The Hall–Kier alpha value is 0.400. The van der Waals surface area contributed by atoms with Gasteiger partial charge in [0.15, 0.2) is 0 Å². The molecule has 3 heteroatoms. The third kappa shape index (κ3) is 5.66. The fraction of sp³-hybridized carbons (Fsp3) is 0.800. The van der Waals surface area contributed by atoms with Gasteiger partial charge in [-0.1, -0.05) is 46.9 Å². The van der Waals surface area contributed by atoms with Gasteiger partial charge in [0.05, 0.1) is 6.10 Å². The highest BCUT2D eigenvalue weighted by molar-refractivity contribution is 8.78. The van der Waals surface area contributed by atoms with Crippen LogP contribution in [0.1, 0.15) is 39.0 Å². The van der Waals surface area contributed by atoms with Gasteiger partial charge < -0.3 is 5.11 Å². The molecule has 13 heavy (non-hydrogen) atoms. The van der Waals surface area contributed by atoms with E-state index >= 15 is 0 Å². The Bertz CT molecular complexity index is 157. The summed E-state index contributed by atoms with van der Waals surface area (Å²) in [5, 5.41) is 12.0. The molecular weight excluding hydrogens is 200 g/mol. The Kier molecular flexibility index (Phi) is 6.00. The van der Waals surface area contributed by atoms with E-state index in [1.54, 1.807) is 0 Å². The van der Waals surface area contributed by atoms with Gasteiger partial charge in [0, 0.05) is 5.25 Å². The van der Waals surface area contributed by atoms with Crippen LogP contribution in [0.2, 0.25) is 0 Å². The van der Waals surface area contributed by atoms with Gasteiger partial charge in [-0.25, -0.2) is 0 Å². The maximum Gasteiger partial charge on any atom is 0.0512 e. The van der Waals surface area contributed by atoms with Gasteiger partial charge in [0.1, 0.15) is 0 Å². The summed E-state index contributed by atoms with van der Waals surface area (Å²) < 4.78 is 0. The predicted molar refractivity (Wildman–Crippen MR) is 62.9 cm³/mol. The molecule has 0 aliphatic carbocycles. The molecule has 0 spiro atoms. The van der Waals surface area contributed by atoms with E-state index in [1.807, 2.05) is 28.5 Å². The molecule has 0 amide bonds. The Morgan fingerprint density at radius 2 is 2.23 bits per heavy atom. The van der Waals surface area contributed by atoms with Gasteiger partial charge in [0.25, 0.3) is 0 Å². The lowest BCUT2D eigenvalue weighted by molar-refractivity contribution is 0.180. The monoisotopic (exact) mass is 218 g/mol. The highest BCUT2D eigenvalue weighted by Crippen LogP contribution is 2.37. The molecule has 2 unspecified atom stereocenters. The summed E-state index contributed by atoms with van der Waals surface area (Å²) in [5.41, 5.74) is 0. The standard InChI is InChI=1S/C10H18OS2/c1-9(11)5-3-2-4-6-10-7-8-12-13-10/h7-11H,2-6H2,1H3. The van der Waals surface area contributed by atoms with Crippen molar-refractivity contribution in [1.82, 2.24) is 0 Å². The molecule has 0 bridgehead atoms. The van der Waals surface area contributed by atoms with Gasteiger partial charge in [-0.15, -0.1) is 0 Å². The van der Waals surface area contributed by atoms with Crippen LogP contribution in [0.5, 0.6) is 0 Å². The molecule has 2 atom stereocenters. The number of hydrogen-bond acceptors (Lipinski definition) is 3. The maximum atomic E-state index is 9.04. The van der Waals surface area contributed by atoms with Crippen LogP contribution in [0.25, 0.3) is 0 Å². The fourth-order valence-corrected chi connectivity index (χ4v) is 3.62. The normalized spacial score (nSPS) is 23.7. The van der Waals surface area contributed by atoms with Gasteiger partial charge in [-0.05, 0) is 25.2 Å². The summed E-state index contributed by atoms with van der Waals surface area (Å²) in [4.78, 5) is 0. The molecular formula is C10H18OS2. The van der Waals surface area contributed by atoms with Gasteiger partial charge >= 0.3 is 0 Å². The first-order valence-electron chi connectivity index (χ1n) is 4.96. The van der Waals surface area contributed by atoms with E-state index in [9.17, 15) is 0 Å². The summed E-state index contributed by atoms with van der Waals surface area (Å²) in [6.45, 7) is 1.87. The molecule has 0 saturated heterocycles. The van der Waals surface area contributed by atoms with Crippen LogP contribution in [0.3, 0.4) is 0 Å². The third-order valence-electron chi connectivity index (χ3n) is 2.14. The number of rotatable bonds is 6. The zero-order valence-electron chi connectivity index (χ0n) is 8.11. The van der Waals surface area contributed by atoms with Crippen molar-refractivity contribution in [1.29, 1.82) is 0 Å². The third-order valence-corrected chi connectivity index (χ3v) is 4.57. The quantitative estimate of drug-likeness (QED) is 0.543. The summed E-state index contributed by atoms with van der Waals surface area (Å²) >= 11 is 0. The predicted octanol–water partition coefficient (Wildman–Crippen LogP) is 3.60. The Balaban J connectivity index is 1.86. The Morgan fingerprint density at radius 3 is 2.85 bits per heavy atom. The average Bonchev–Trinajstić information content (AvgIpc) is 2.55. The molecule has 0 aromatic carbocycles.